The predicted octanol–water partition coefficient (Wildman–Crippen LogP) is 4.75. The van der Waals surface area contributed by atoms with E-state index in [1.54, 1.807) is 28.6 Å². The van der Waals surface area contributed by atoms with Crippen molar-refractivity contribution in [2.75, 3.05) is 19.6 Å². The van der Waals surface area contributed by atoms with Crippen LogP contribution in [0.2, 0.25) is 0 Å². The number of aromatic nitrogens is 1. The maximum absolute atomic E-state index is 13.8. The van der Waals surface area contributed by atoms with Crippen LogP contribution in [-0.4, -0.2) is 54.2 Å². The molecule has 3 heterocycles. The molecule has 3 fully saturated rings. The number of hydrogen-bond acceptors (Lipinski definition) is 4. The van der Waals surface area contributed by atoms with Gasteiger partial charge in [-0.2, -0.15) is 4.31 Å². The second-order valence-electron chi connectivity index (χ2n) is 10.1. The van der Waals surface area contributed by atoms with Crippen LogP contribution in [0.25, 0.3) is 0 Å². The summed E-state index contributed by atoms with van der Waals surface area (Å²) in [5.41, 5.74) is 2.49. The lowest BCUT2D eigenvalue weighted by Crippen LogP contribution is -2.50. The van der Waals surface area contributed by atoms with Crippen LogP contribution in [0.5, 0.6) is 0 Å². The molecule has 6 nitrogen and oxygen atoms in total. The summed E-state index contributed by atoms with van der Waals surface area (Å²) in [7, 11) is -3.49. The fourth-order valence-corrected chi connectivity index (χ4v) is 7.70. The molecule has 34 heavy (non-hydrogen) atoms. The fraction of sp³-hybridized carbons (Fsp3) is 0.556. The number of benzene rings is 1. The Balaban J connectivity index is 1.35. The average Bonchev–Trinajstić information content (AvgIpc) is 2.88. The van der Waals surface area contributed by atoms with E-state index in [-0.39, 0.29) is 11.8 Å². The van der Waals surface area contributed by atoms with E-state index in [0.717, 1.165) is 36.3 Å². The van der Waals surface area contributed by atoms with Gasteiger partial charge in [0, 0.05) is 37.3 Å². The van der Waals surface area contributed by atoms with Crippen molar-refractivity contribution in [3.8, 4) is 0 Å². The van der Waals surface area contributed by atoms with Gasteiger partial charge in [0.05, 0.1) is 16.2 Å². The number of carbonyl (C=O) groups is 1. The van der Waals surface area contributed by atoms with Gasteiger partial charge in [-0.15, -0.1) is 0 Å². The molecule has 0 bridgehead atoms. The highest BCUT2D eigenvalue weighted by molar-refractivity contribution is 7.89. The zero-order valence-corrected chi connectivity index (χ0v) is 20.8. The monoisotopic (exact) mass is 481 g/mol. The molecule has 3 aliphatic rings. The number of piperidine rings is 2. The largest absolute Gasteiger partial charge is 0.335 e. The summed E-state index contributed by atoms with van der Waals surface area (Å²) < 4.78 is 27.7. The van der Waals surface area contributed by atoms with E-state index < -0.39 is 10.0 Å². The quantitative estimate of drug-likeness (QED) is 0.632. The summed E-state index contributed by atoms with van der Waals surface area (Å²) in [4.78, 5) is 21.1. The van der Waals surface area contributed by atoms with Gasteiger partial charge in [0.1, 0.15) is 0 Å². The molecule has 1 saturated carbocycles. The molecule has 0 radical (unpaired) electrons. The van der Waals surface area contributed by atoms with Crippen LogP contribution in [0, 0.1) is 12.8 Å². The van der Waals surface area contributed by atoms with Crippen molar-refractivity contribution in [3.05, 3.63) is 59.4 Å². The Hall–Kier alpha value is -2.25. The molecule has 0 N–H and O–H groups in total. The Morgan fingerprint density at radius 2 is 1.59 bits per heavy atom. The summed E-state index contributed by atoms with van der Waals surface area (Å²) >= 11 is 0. The Labute approximate surface area is 203 Å². The fourth-order valence-electron chi connectivity index (χ4n) is 6.21. The second-order valence-corrected chi connectivity index (χ2v) is 12.1. The van der Waals surface area contributed by atoms with Crippen molar-refractivity contribution in [1.82, 2.24) is 14.2 Å². The topological polar surface area (TPSA) is 70.6 Å². The van der Waals surface area contributed by atoms with Crippen molar-refractivity contribution >= 4 is 15.9 Å². The number of nitrogens with zero attached hydrogens (tertiary/aromatic N) is 3. The average molecular weight is 482 g/mol. The number of aryl methyl sites for hydroxylation is 1. The van der Waals surface area contributed by atoms with E-state index in [2.05, 4.69) is 4.90 Å². The first kappa shape index (κ1) is 23.5. The van der Waals surface area contributed by atoms with Gasteiger partial charge in [-0.3, -0.25) is 9.78 Å². The third-order valence-corrected chi connectivity index (χ3v) is 9.93. The smallest absolute Gasteiger partial charge is 0.255 e. The van der Waals surface area contributed by atoms with Crippen LogP contribution < -0.4 is 0 Å². The van der Waals surface area contributed by atoms with Crippen LogP contribution >= 0.6 is 0 Å². The van der Waals surface area contributed by atoms with E-state index in [1.165, 1.54) is 25.7 Å². The molecule has 0 unspecified atom stereocenters. The molecule has 2 aromatic rings. The van der Waals surface area contributed by atoms with Crippen LogP contribution in [0.4, 0.5) is 0 Å². The van der Waals surface area contributed by atoms with Gasteiger partial charge in [0.25, 0.3) is 5.91 Å². The first-order chi connectivity index (χ1) is 16.4. The van der Waals surface area contributed by atoms with Crippen molar-refractivity contribution < 1.29 is 13.2 Å². The number of amides is 1. The predicted molar refractivity (Wildman–Crippen MR) is 132 cm³/mol. The second kappa shape index (κ2) is 9.78. The third-order valence-electron chi connectivity index (χ3n) is 8.02. The lowest BCUT2D eigenvalue weighted by atomic mass is 9.78. The summed E-state index contributed by atoms with van der Waals surface area (Å²) in [5.74, 6) is 0.853. The summed E-state index contributed by atoms with van der Waals surface area (Å²) in [6.07, 6.45) is 8.51. The van der Waals surface area contributed by atoms with Crippen molar-refractivity contribution in [2.24, 2.45) is 5.92 Å². The number of rotatable bonds is 4. The van der Waals surface area contributed by atoms with E-state index in [4.69, 9.17) is 4.98 Å². The number of pyridine rings is 1. The Morgan fingerprint density at radius 3 is 2.35 bits per heavy atom. The zero-order chi connectivity index (χ0) is 23.7. The van der Waals surface area contributed by atoms with Crippen LogP contribution in [0.1, 0.15) is 79.0 Å². The van der Waals surface area contributed by atoms with Gasteiger partial charge in [0.15, 0.2) is 0 Å². The van der Waals surface area contributed by atoms with Crippen LogP contribution in [-0.2, 0) is 10.0 Å². The molecule has 2 aliphatic heterocycles. The highest BCUT2D eigenvalue weighted by Crippen LogP contribution is 2.37. The molecule has 1 aromatic carbocycles. The molecule has 1 aromatic heterocycles. The zero-order valence-electron chi connectivity index (χ0n) is 20.0. The lowest BCUT2D eigenvalue weighted by Gasteiger charge is -2.44. The SMILES string of the molecule is Cc1ccc(C(=O)N2CCC[C@H]3CCCC[C@@H]32)c(C2CCN(S(=O)(=O)c3ccccc3)CC2)n1. The van der Waals surface area contributed by atoms with Gasteiger partial charge in [0.2, 0.25) is 10.0 Å². The molecule has 7 heteroatoms. The number of sulfonamides is 1. The molecule has 2 saturated heterocycles. The molecular weight excluding hydrogens is 446 g/mol. The van der Waals surface area contributed by atoms with Crippen LogP contribution in [0.3, 0.4) is 0 Å². The van der Waals surface area contributed by atoms with E-state index in [9.17, 15) is 13.2 Å². The third kappa shape index (κ3) is 4.52. The number of fused-ring (bicyclic) bond motifs is 1. The maximum atomic E-state index is 13.8. The minimum atomic E-state index is -3.49. The molecule has 5 rings (SSSR count). The molecule has 0 spiro atoms. The Morgan fingerprint density at radius 1 is 0.882 bits per heavy atom. The van der Waals surface area contributed by atoms with Crippen molar-refractivity contribution in [2.45, 2.75) is 75.1 Å². The van der Waals surface area contributed by atoms with E-state index >= 15 is 0 Å². The summed E-state index contributed by atoms with van der Waals surface area (Å²) in [6.45, 7) is 3.69. The normalized spacial score (nSPS) is 24.6. The standard InChI is InChI=1S/C27H35N3O3S/c1-20-13-14-24(27(31)30-17-7-9-21-8-5-6-12-25(21)30)26(28-20)22-15-18-29(19-16-22)34(32,33)23-10-3-2-4-11-23/h2-4,10-11,13-14,21-22,25H,5-9,12,15-19H2,1H3/t21-,25+/m1/s1. The minimum absolute atomic E-state index is 0.0908. The first-order valence-electron chi connectivity index (χ1n) is 12.8. The van der Waals surface area contributed by atoms with Gasteiger partial charge in [-0.25, -0.2) is 8.42 Å². The highest BCUT2D eigenvalue weighted by atomic mass is 32.2. The summed E-state index contributed by atoms with van der Waals surface area (Å²) in [6, 6.07) is 12.9. The summed E-state index contributed by atoms with van der Waals surface area (Å²) in [5, 5.41) is 0. The lowest BCUT2D eigenvalue weighted by molar-refractivity contribution is 0.0388. The Kier molecular flexibility index (Phi) is 6.76. The van der Waals surface area contributed by atoms with Gasteiger partial charge >= 0.3 is 0 Å². The minimum Gasteiger partial charge on any atom is -0.335 e. The van der Waals surface area contributed by atoms with E-state index in [0.29, 0.717) is 42.8 Å². The van der Waals surface area contributed by atoms with Crippen LogP contribution in [0.15, 0.2) is 47.4 Å². The first-order valence-corrected chi connectivity index (χ1v) is 14.2. The highest BCUT2D eigenvalue weighted by Gasteiger charge is 2.38. The van der Waals surface area contributed by atoms with Crippen molar-refractivity contribution in [3.63, 3.8) is 0 Å². The molecule has 182 valence electrons. The van der Waals surface area contributed by atoms with Gasteiger partial charge in [-0.1, -0.05) is 31.0 Å². The van der Waals surface area contributed by atoms with Gasteiger partial charge in [-0.05, 0) is 75.6 Å². The van der Waals surface area contributed by atoms with E-state index in [1.807, 2.05) is 25.1 Å². The number of hydrogen-bond donors (Lipinski definition) is 0. The van der Waals surface area contributed by atoms with Crippen molar-refractivity contribution in [1.29, 1.82) is 0 Å². The number of carbonyl (C=O) groups excluding carboxylic acids is 1. The molecule has 1 amide bonds. The van der Waals surface area contributed by atoms with Gasteiger partial charge < -0.3 is 4.90 Å². The molecule has 2 atom stereocenters. The molecule has 1 aliphatic carbocycles. The molecular formula is C27H35N3O3S. The number of likely N-dealkylation sites (tertiary alicyclic amines) is 1. The maximum Gasteiger partial charge on any atom is 0.255 e. The Bertz CT molecular complexity index is 1130.